The van der Waals surface area contributed by atoms with Crippen molar-refractivity contribution in [2.45, 2.75) is 200 Å². The van der Waals surface area contributed by atoms with E-state index in [9.17, 15) is 9.59 Å². The van der Waals surface area contributed by atoms with Crippen LogP contribution in [-0.2, 0) is 4.79 Å². The van der Waals surface area contributed by atoms with Crippen molar-refractivity contribution in [2.75, 3.05) is 13.1 Å². The van der Waals surface area contributed by atoms with Crippen LogP contribution in [0.15, 0.2) is 0 Å². The van der Waals surface area contributed by atoms with Gasteiger partial charge in [0.1, 0.15) is 0 Å². The lowest BCUT2D eigenvalue weighted by molar-refractivity contribution is -0.120. The van der Waals surface area contributed by atoms with Crippen LogP contribution in [-0.4, -0.2) is 38.0 Å². The Bertz CT molecular complexity index is 562. The molecule has 1 radical (unpaired) electrons. The fraction of sp³-hybridized carbons (Fsp3) is 0.943. The molecule has 5 nitrogen and oxygen atoms in total. The maximum atomic E-state index is 12.2. The zero-order chi connectivity index (χ0) is 30.1. The number of unbranched alkanes of at least 4 members (excludes halogenated alkanes) is 26. The predicted octanol–water partition coefficient (Wildman–Crippen LogP) is 9.76. The minimum Gasteiger partial charge on any atom is -0.365 e. The molecule has 0 aliphatic heterocycles. The Hall–Kier alpha value is -1.04. The molecule has 0 aromatic heterocycles. The molecule has 0 saturated carbocycles. The number of hydrogen-bond acceptors (Lipinski definition) is 3. The molecule has 0 aliphatic carbocycles. The maximum absolute atomic E-state index is 12.2. The van der Waals surface area contributed by atoms with Crippen molar-refractivity contribution in [3.63, 3.8) is 0 Å². The van der Waals surface area contributed by atoms with Crippen LogP contribution in [0.2, 0.25) is 0 Å². The lowest BCUT2D eigenvalue weighted by atomic mass is 9.68. The average molecular weight is 577 g/mol. The van der Waals surface area contributed by atoms with E-state index in [1.807, 2.05) is 0 Å². The molecule has 41 heavy (non-hydrogen) atoms. The van der Waals surface area contributed by atoms with Crippen LogP contribution in [0.3, 0.4) is 0 Å². The molecule has 0 rings (SSSR count). The standard InChI is InChI=1S/C35H71BN3O2/c1-3-5-7-9-11-13-15-17-19-21-23-25-27-29-31-38-34(40)33(37)36-35(41)39-32-30-28-26-24-22-20-18-16-14-12-10-8-6-4-2/h33H,3-32,37H2,1-2H3,(H,38,40)(H,39,41)/t33-/m1/s1. The van der Waals surface area contributed by atoms with Crippen LogP contribution in [0.1, 0.15) is 194 Å². The van der Waals surface area contributed by atoms with E-state index in [0.717, 1.165) is 25.7 Å². The van der Waals surface area contributed by atoms with Gasteiger partial charge in [-0.1, -0.05) is 181 Å². The van der Waals surface area contributed by atoms with Crippen LogP contribution in [0.5, 0.6) is 0 Å². The third-order valence-electron chi connectivity index (χ3n) is 8.29. The number of carbonyl (C=O) groups is 2. The molecule has 0 aliphatic rings. The van der Waals surface area contributed by atoms with E-state index in [2.05, 4.69) is 24.5 Å². The van der Waals surface area contributed by atoms with E-state index in [0.29, 0.717) is 13.1 Å². The first-order valence-electron chi connectivity index (χ1n) is 18.3. The summed E-state index contributed by atoms with van der Waals surface area (Å²) in [6.45, 7) is 5.84. The summed E-state index contributed by atoms with van der Waals surface area (Å²) >= 11 is 0. The highest BCUT2D eigenvalue weighted by molar-refractivity contribution is 6.77. The molecule has 1 atom stereocenters. The maximum Gasteiger partial charge on any atom is 0.265 e. The number of amides is 2. The Morgan fingerprint density at radius 2 is 0.732 bits per heavy atom. The number of nitrogens with two attached hydrogens (primary N) is 1. The molecule has 0 bridgehead atoms. The first-order valence-corrected chi connectivity index (χ1v) is 18.3. The molecule has 6 heteroatoms. The van der Waals surface area contributed by atoms with Gasteiger partial charge in [0.05, 0.1) is 5.94 Å². The van der Waals surface area contributed by atoms with Crippen molar-refractivity contribution in [3.8, 4) is 0 Å². The van der Waals surface area contributed by atoms with Gasteiger partial charge in [-0.05, 0) is 12.8 Å². The summed E-state index contributed by atoms with van der Waals surface area (Å²) in [6.07, 6.45) is 37.0. The minimum absolute atomic E-state index is 0.237. The van der Waals surface area contributed by atoms with Crippen molar-refractivity contribution in [2.24, 2.45) is 5.73 Å². The van der Waals surface area contributed by atoms with Crippen molar-refractivity contribution < 1.29 is 9.59 Å². The first kappa shape index (κ1) is 40.0. The highest BCUT2D eigenvalue weighted by atomic mass is 16.2. The lowest BCUT2D eigenvalue weighted by Crippen LogP contribution is -2.49. The van der Waals surface area contributed by atoms with Crippen molar-refractivity contribution in [1.82, 2.24) is 10.6 Å². The Morgan fingerprint density at radius 1 is 0.463 bits per heavy atom. The van der Waals surface area contributed by atoms with Gasteiger partial charge >= 0.3 is 0 Å². The molecule has 4 N–H and O–H groups in total. The average Bonchev–Trinajstić information content (AvgIpc) is 2.96. The summed E-state index contributed by atoms with van der Waals surface area (Å²) in [7, 11) is 1.31. The fourth-order valence-corrected chi connectivity index (χ4v) is 5.48. The number of carbonyl (C=O) groups excluding carboxylic acids is 2. The quantitative estimate of drug-likeness (QED) is 0.0537. The molecule has 0 unspecified atom stereocenters. The van der Waals surface area contributed by atoms with E-state index in [1.165, 1.54) is 161 Å². The SMILES string of the molecule is CCCCCCCCCCCCCCCCNC(=O)[B][C@H](N)C(=O)NCCCCCCCCCCCCCCCC. The zero-order valence-electron chi connectivity index (χ0n) is 27.8. The fourth-order valence-electron chi connectivity index (χ4n) is 5.48. The van der Waals surface area contributed by atoms with E-state index < -0.39 is 5.94 Å². The van der Waals surface area contributed by atoms with Crippen LogP contribution < -0.4 is 16.4 Å². The van der Waals surface area contributed by atoms with E-state index in [4.69, 9.17) is 5.73 Å². The van der Waals surface area contributed by atoms with Gasteiger partial charge in [-0.2, -0.15) is 0 Å². The third-order valence-corrected chi connectivity index (χ3v) is 8.29. The molecule has 0 heterocycles. The highest BCUT2D eigenvalue weighted by Crippen LogP contribution is 2.14. The van der Waals surface area contributed by atoms with Crippen LogP contribution >= 0.6 is 0 Å². The van der Waals surface area contributed by atoms with Gasteiger partial charge in [0.2, 0.25) is 5.91 Å². The van der Waals surface area contributed by atoms with E-state index in [1.54, 1.807) is 0 Å². The Balaban J connectivity index is 3.40. The second kappa shape index (κ2) is 33.5. The Kier molecular flexibility index (Phi) is 32.6. The van der Waals surface area contributed by atoms with Gasteiger partial charge in [0.25, 0.3) is 7.28 Å². The minimum atomic E-state index is -0.877. The first-order chi connectivity index (χ1) is 20.1. The molecule has 0 aromatic carbocycles. The van der Waals surface area contributed by atoms with Gasteiger partial charge < -0.3 is 16.4 Å². The van der Waals surface area contributed by atoms with E-state index in [-0.39, 0.29) is 11.7 Å². The van der Waals surface area contributed by atoms with Gasteiger partial charge in [0.15, 0.2) is 5.81 Å². The molecule has 0 aromatic rings. The molecular weight excluding hydrogens is 505 g/mol. The summed E-state index contributed by atoms with van der Waals surface area (Å²) in [5.74, 6) is -1.37. The van der Waals surface area contributed by atoms with Gasteiger partial charge in [-0.15, -0.1) is 0 Å². The number of rotatable bonds is 33. The normalized spacial score (nSPS) is 11.9. The smallest absolute Gasteiger partial charge is 0.265 e. The number of nitrogens with one attached hydrogen (secondary N) is 2. The van der Waals surface area contributed by atoms with Gasteiger partial charge in [0, 0.05) is 13.1 Å². The van der Waals surface area contributed by atoms with Crippen molar-refractivity contribution in [3.05, 3.63) is 0 Å². The summed E-state index contributed by atoms with van der Waals surface area (Å²) < 4.78 is 0. The molecule has 2 amide bonds. The molecular formula is C35H71BN3O2. The largest absolute Gasteiger partial charge is 0.365 e. The van der Waals surface area contributed by atoms with Crippen molar-refractivity contribution >= 4 is 19.0 Å². The predicted molar refractivity (Wildman–Crippen MR) is 181 cm³/mol. The summed E-state index contributed by atoms with van der Waals surface area (Å²) in [5.41, 5.74) is 5.91. The third kappa shape index (κ3) is 31.7. The molecule has 0 fully saturated rings. The lowest BCUT2D eigenvalue weighted by Gasteiger charge is -2.11. The molecule has 0 spiro atoms. The van der Waals surface area contributed by atoms with E-state index >= 15 is 0 Å². The zero-order valence-corrected chi connectivity index (χ0v) is 27.8. The van der Waals surface area contributed by atoms with Crippen LogP contribution in [0, 0.1) is 0 Å². The number of hydrogen-bond donors (Lipinski definition) is 3. The second-order valence-electron chi connectivity index (χ2n) is 12.5. The highest BCUT2D eigenvalue weighted by Gasteiger charge is 2.19. The second-order valence-corrected chi connectivity index (χ2v) is 12.5. The Labute approximate surface area is 257 Å². The molecule has 241 valence electrons. The topological polar surface area (TPSA) is 84.2 Å². The van der Waals surface area contributed by atoms with Crippen LogP contribution in [0.4, 0.5) is 4.79 Å². The Morgan fingerprint density at radius 3 is 1.05 bits per heavy atom. The summed E-state index contributed by atoms with van der Waals surface area (Å²) in [4.78, 5) is 24.3. The summed E-state index contributed by atoms with van der Waals surface area (Å²) in [5, 5.41) is 5.76. The van der Waals surface area contributed by atoms with Gasteiger partial charge in [-0.3, -0.25) is 9.59 Å². The monoisotopic (exact) mass is 577 g/mol. The van der Waals surface area contributed by atoms with Crippen LogP contribution in [0.25, 0.3) is 0 Å². The molecule has 0 saturated heterocycles. The summed E-state index contributed by atoms with van der Waals surface area (Å²) in [6, 6.07) is 0. The van der Waals surface area contributed by atoms with Gasteiger partial charge in [-0.25, -0.2) is 0 Å². The van der Waals surface area contributed by atoms with Crippen molar-refractivity contribution in [1.29, 1.82) is 0 Å².